The van der Waals surface area contributed by atoms with Crippen LogP contribution < -0.4 is 5.32 Å². The minimum atomic E-state index is -4.39. The molecule has 0 radical (unpaired) electrons. The van der Waals surface area contributed by atoms with Gasteiger partial charge in [-0.05, 0) is 29.2 Å². The van der Waals surface area contributed by atoms with Gasteiger partial charge in [0.05, 0.1) is 0 Å². The van der Waals surface area contributed by atoms with Crippen molar-refractivity contribution in [3.63, 3.8) is 0 Å². The Morgan fingerprint density at radius 2 is 1.64 bits per heavy atom. The van der Waals surface area contributed by atoms with Crippen molar-refractivity contribution in [3.05, 3.63) is 71.5 Å². The number of halogens is 1. The Morgan fingerprint density at radius 1 is 1.05 bits per heavy atom. The smallest absolute Gasteiger partial charge is 0.323 e. The lowest BCUT2D eigenvalue weighted by Crippen LogP contribution is -2.25. The van der Waals surface area contributed by atoms with Crippen molar-refractivity contribution in [2.45, 2.75) is 18.6 Å². The van der Waals surface area contributed by atoms with Crippen LogP contribution in [0.3, 0.4) is 0 Å². The van der Waals surface area contributed by atoms with Crippen LogP contribution in [-0.4, -0.2) is 16.3 Å². The highest BCUT2D eigenvalue weighted by atomic mass is 31.2. The monoisotopic (exact) mass is 323 g/mol. The summed E-state index contributed by atoms with van der Waals surface area (Å²) in [5, 5.41) is 2.91. The van der Waals surface area contributed by atoms with Crippen molar-refractivity contribution in [1.29, 1.82) is 0 Å². The zero-order chi connectivity index (χ0) is 16.2. The zero-order valence-electron chi connectivity index (χ0n) is 12.2. The lowest BCUT2D eigenvalue weighted by atomic mass is 10.0. The van der Waals surface area contributed by atoms with Gasteiger partial charge < -0.3 is 9.79 Å². The predicted molar refractivity (Wildman–Crippen MR) is 84.0 cm³/mol. The quantitative estimate of drug-likeness (QED) is 0.713. The maximum atomic E-state index is 13.0. The summed E-state index contributed by atoms with van der Waals surface area (Å²) in [5.41, 5.74) is 1.45. The first kappa shape index (κ1) is 16.8. The summed E-state index contributed by atoms with van der Waals surface area (Å²) in [5.74, 6) is -1.49. The Balaban J connectivity index is 2.11. The van der Waals surface area contributed by atoms with Crippen molar-refractivity contribution in [2.75, 3.05) is 6.54 Å². The molecular weight excluding hydrogens is 304 g/mol. The van der Waals surface area contributed by atoms with E-state index >= 15 is 0 Å². The molecule has 0 bridgehead atoms. The van der Waals surface area contributed by atoms with Gasteiger partial charge in [0.1, 0.15) is 11.6 Å². The first-order valence-corrected chi connectivity index (χ1v) is 8.65. The minimum absolute atomic E-state index is 0.0932. The van der Waals surface area contributed by atoms with E-state index in [4.69, 9.17) is 0 Å². The fourth-order valence-corrected chi connectivity index (χ4v) is 3.17. The molecule has 22 heavy (non-hydrogen) atoms. The van der Waals surface area contributed by atoms with Crippen LogP contribution in [0, 0.1) is 5.82 Å². The van der Waals surface area contributed by atoms with Crippen LogP contribution in [0.1, 0.15) is 29.8 Å². The van der Waals surface area contributed by atoms with Crippen LogP contribution in [0.15, 0.2) is 54.6 Å². The van der Waals surface area contributed by atoms with E-state index in [0.717, 1.165) is 5.56 Å². The Kier molecular flexibility index (Phi) is 5.48. The van der Waals surface area contributed by atoms with E-state index in [-0.39, 0.29) is 5.92 Å². The molecule has 2 rings (SSSR count). The second-order valence-corrected chi connectivity index (χ2v) is 6.96. The van der Waals surface area contributed by atoms with Crippen molar-refractivity contribution < 1.29 is 18.7 Å². The van der Waals surface area contributed by atoms with E-state index in [1.54, 1.807) is 0 Å². The number of rotatable bonds is 6. The highest BCUT2D eigenvalue weighted by molar-refractivity contribution is 7.52. The molecule has 6 heteroatoms. The topological polar surface area (TPSA) is 69.6 Å². The molecule has 0 aliphatic carbocycles. The fraction of sp³-hybridized carbons (Fsp3) is 0.250. The summed E-state index contributed by atoms with van der Waals surface area (Å²) < 4.78 is 24.7. The second-order valence-electron chi connectivity index (χ2n) is 5.26. The lowest BCUT2D eigenvalue weighted by Gasteiger charge is -2.22. The summed E-state index contributed by atoms with van der Waals surface area (Å²) >= 11 is 0. The summed E-state index contributed by atoms with van der Waals surface area (Å²) in [6.07, 6.45) is 0. The second kappa shape index (κ2) is 7.16. The van der Waals surface area contributed by atoms with Crippen LogP contribution in [0.5, 0.6) is 0 Å². The molecule has 0 saturated heterocycles. The van der Waals surface area contributed by atoms with Gasteiger partial charge in [-0.3, -0.25) is 9.88 Å². The van der Waals surface area contributed by atoms with Gasteiger partial charge in [-0.15, -0.1) is 0 Å². The van der Waals surface area contributed by atoms with Gasteiger partial charge in [0, 0.05) is 6.54 Å². The van der Waals surface area contributed by atoms with Crippen LogP contribution in [0.2, 0.25) is 0 Å². The van der Waals surface area contributed by atoms with Crippen molar-refractivity contribution in [3.8, 4) is 0 Å². The number of benzene rings is 2. The molecule has 2 aromatic carbocycles. The lowest BCUT2D eigenvalue weighted by molar-refractivity contribution is 0.346. The molecule has 0 amide bonds. The van der Waals surface area contributed by atoms with Gasteiger partial charge in [-0.1, -0.05) is 49.4 Å². The van der Waals surface area contributed by atoms with Gasteiger partial charge in [0.25, 0.3) is 0 Å². The molecule has 2 atom stereocenters. The van der Waals surface area contributed by atoms with E-state index < -0.39 is 19.2 Å². The third-order valence-corrected chi connectivity index (χ3v) is 4.66. The Bertz CT molecular complexity index is 642. The third kappa shape index (κ3) is 4.49. The highest BCUT2D eigenvalue weighted by Gasteiger charge is 2.30. The van der Waals surface area contributed by atoms with Crippen LogP contribution in [0.25, 0.3) is 0 Å². The van der Waals surface area contributed by atoms with E-state index in [1.807, 2.05) is 37.3 Å². The Morgan fingerprint density at radius 3 is 2.18 bits per heavy atom. The molecule has 4 nitrogen and oxygen atoms in total. The molecule has 0 spiro atoms. The standard InChI is InChI=1S/C16H19FNO3P/c1-12(13-5-3-2-4-6-13)11-18-16(22(19,20)21)14-7-9-15(17)10-8-14/h2-10,12,16,18H,11H2,1H3,(H2,19,20,21)/t12-,16+/m1/s1. The first-order chi connectivity index (χ1) is 10.4. The molecule has 118 valence electrons. The largest absolute Gasteiger partial charge is 0.346 e. The number of hydrogen-bond donors (Lipinski definition) is 3. The van der Waals surface area contributed by atoms with Crippen LogP contribution in [-0.2, 0) is 4.57 Å². The van der Waals surface area contributed by atoms with E-state index in [9.17, 15) is 18.7 Å². The molecule has 0 saturated carbocycles. The summed E-state index contributed by atoms with van der Waals surface area (Å²) in [7, 11) is -4.39. The van der Waals surface area contributed by atoms with Gasteiger partial charge in [-0.2, -0.15) is 0 Å². The van der Waals surface area contributed by atoms with Gasteiger partial charge in [0.2, 0.25) is 0 Å². The molecule has 0 aliphatic rings. The highest BCUT2D eigenvalue weighted by Crippen LogP contribution is 2.50. The van der Waals surface area contributed by atoms with E-state index in [1.165, 1.54) is 24.3 Å². The molecular formula is C16H19FNO3P. The molecule has 0 aromatic heterocycles. The molecule has 2 aromatic rings. The molecule has 0 unspecified atom stereocenters. The van der Waals surface area contributed by atoms with E-state index in [0.29, 0.717) is 12.1 Å². The summed E-state index contributed by atoms with van der Waals surface area (Å²) in [6, 6.07) is 14.9. The maximum absolute atomic E-state index is 13.0. The average molecular weight is 323 g/mol. The average Bonchev–Trinajstić information content (AvgIpc) is 2.48. The van der Waals surface area contributed by atoms with Gasteiger partial charge >= 0.3 is 7.60 Å². The summed E-state index contributed by atoms with van der Waals surface area (Å²) in [4.78, 5) is 19.1. The van der Waals surface area contributed by atoms with Gasteiger partial charge in [-0.25, -0.2) is 4.39 Å². The minimum Gasteiger partial charge on any atom is -0.323 e. The van der Waals surface area contributed by atoms with Crippen molar-refractivity contribution >= 4 is 7.60 Å². The zero-order valence-corrected chi connectivity index (χ0v) is 13.1. The normalized spacial score (nSPS) is 14.5. The molecule has 0 fully saturated rings. The Labute approximate surface area is 129 Å². The predicted octanol–water partition coefficient (Wildman–Crippen LogP) is 3.40. The van der Waals surface area contributed by atoms with Crippen LogP contribution in [0.4, 0.5) is 4.39 Å². The molecule has 0 aliphatic heterocycles. The molecule has 3 N–H and O–H groups in total. The maximum Gasteiger partial charge on any atom is 0.346 e. The van der Waals surface area contributed by atoms with Gasteiger partial charge in [0.15, 0.2) is 0 Å². The first-order valence-electron chi connectivity index (χ1n) is 6.97. The van der Waals surface area contributed by atoms with Crippen LogP contribution >= 0.6 is 7.60 Å². The third-order valence-electron chi connectivity index (χ3n) is 3.51. The van der Waals surface area contributed by atoms with E-state index in [2.05, 4.69) is 5.32 Å². The van der Waals surface area contributed by atoms with Crippen molar-refractivity contribution in [2.24, 2.45) is 0 Å². The summed E-state index contributed by atoms with van der Waals surface area (Å²) in [6.45, 7) is 2.38. The Hall–Kier alpha value is -1.52. The fourth-order valence-electron chi connectivity index (χ4n) is 2.26. The molecule has 0 heterocycles. The van der Waals surface area contributed by atoms with Crippen molar-refractivity contribution in [1.82, 2.24) is 5.32 Å². The SMILES string of the molecule is C[C@H](CN[C@H](c1ccc(F)cc1)P(=O)(O)O)c1ccccc1. The number of hydrogen-bond acceptors (Lipinski definition) is 2. The number of nitrogens with one attached hydrogen (secondary N) is 1.